The highest BCUT2D eigenvalue weighted by molar-refractivity contribution is 4.93. The van der Waals surface area contributed by atoms with Crippen LogP contribution in [0.3, 0.4) is 0 Å². The van der Waals surface area contributed by atoms with Gasteiger partial charge < -0.3 is 11.5 Å². The number of nitrogens with zero attached hydrogens (tertiary/aromatic N) is 1. The van der Waals surface area contributed by atoms with E-state index in [0.29, 0.717) is 11.6 Å². The van der Waals surface area contributed by atoms with E-state index in [1.807, 2.05) is 0 Å². The number of likely N-dealkylation sites (N-methyl/N-ethyl adjacent to an activating group) is 1. The average Bonchev–Trinajstić information content (AvgIpc) is 1.84. The summed E-state index contributed by atoms with van der Waals surface area (Å²) in [7, 11) is 2.19. The van der Waals surface area contributed by atoms with Gasteiger partial charge in [-0.1, -0.05) is 0 Å². The van der Waals surface area contributed by atoms with Gasteiger partial charge in [-0.2, -0.15) is 0 Å². The lowest BCUT2D eigenvalue weighted by Gasteiger charge is -2.45. The number of hydrogen-bond donors (Lipinski definition) is 2. The molecule has 0 spiro atoms. The van der Waals surface area contributed by atoms with Crippen molar-refractivity contribution >= 4 is 0 Å². The Labute approximate surface area is 69.7 Å². The molecule has 1 aliphatic heterocycles. The fourth-order valence-electron chi connectivity index (χ4n) is 1.32. The Morgan fingerprint density at radius 1 is 1.45 bits per heavy atom. The Bertz CT molecular complexity index is 111. The number of piperazine rings is 1. The molecule has 0 radical (unpaired) electrons. The van der Waals surface area contributed by atoms with Crippen LogP contribution in [-0.2, 0) is 0 Å². The van der Waals surface area contributed by atoms with Crippen LogP contribution in [0.5, 0.6) is 0 Å². The minimum Gasteiger partial charge on any atom is -0.344 e. The minimum atomic E-state index is 0. The predicted molar refractivity (Wildman–Crippen MR) is 49.2 cm³/mol. The maximum Gasteiger partial charge on any atom is 0.0301 e. The molecule has 11 heavy (non-hydrogen) atoms. The number of hydrogen-bond acceptors (Lipinski definition) is 3. The first-order chi connectivity index (χ1) is 4.55. The summed E-state index contributed by atoms with van der Waals surface area (Å²) in [5, 5.41) is 3.46. The lowest BCUT2D eigenvalue weighted by atomic mass is 9.92. The number of rotatable bonds is 0. The molecule has 3 heteroatoms. The lowest BCUT2D eigenvalue weighted by molar-refractivity contribution is 0.0821. The zero-order chi connectivity index (χ0) is 7.78. The van der Waals surface area contributed by atoms with Crippen molar-refractivity contribution in [2.24, 2.45) is 0 Å². The first kappa shape index (κ1) is 10.9. The Morgan fingerprint density at radius 3 is 2.36 bits per heavy atom. The molecule has 4 N–H and O–H groups in total. The van der Waals surface area contributed by atoms with Gasteiger partial charge >= 0.3 is 0 Å². The maximum atomic E-state index is 3.46. The third-order valence-electron chi connectivity index (χ3n) is 2.94. The Morgan fingerprint density at radius 2 is 2.00 bits per heavy atom. The van der Waals surface area contributed by atoms with E-state index in [1.165, 1.54) is 0 Å². The van der Waals surface area contributed by atoms with E-state index in [4.69, 9.17) is 0 Å². The maximum absolute atomic E-state index is 3.46. The second-order valence-corrected chi connectivity index (χ2v) is 3.75. The second kappa shape index (κ2) is 3.52. The molecule has 0 saturated carbocycles. The molecule has 1 saturated heterocycles. The highest BCUT2D eigenvalue weighted by atomic mass is 15.2. The van der Waals surface area contributed by atoms with Crippen molar-refractivity contribution in [2.45, 2.75) is 32.4 Å². The molecule has 0 aromatic heterocycles. The Hall–Kier alpha value is -0.120. The molecule has 1 unspecified atom stereocenters. The molecule has 1 atom stereocenters. The van der Waals surface area contributed by atoms with E-state index >= 15 is 0 Å². The molecule has 1 heterocycles. The number of nitrogens with one attached hydrogen (secondary N) is 1. The zero-order valence-electron chi connectivity index (χ0n) is 8.15. The van der Waals surface area contributed by atoms with Crippen molar-refractivity contribution < 1.29 is 0 Å². The van der Waals surface area contributed by atoms with Crippen molar-refractivity contribution in [3.05, 3.63) is 0 Å². The standard InChI is InChI=1S/C8H18N2.H3N/c1-7-8(2,3)10(4)6-5-9-7;/h7,9H,5-6H2,1-4H3;1H3. The van der Waals surface area contributed by atoms with Crippen LogP contribution in [0.1, 0.15) is 20.8 Å². The van der Waals surface area contributed by atoms with E-state index in [0.717, 1.165) is 13.1 Å². The van der Waals surface area contributed by atoms with Gasteiger partial charge in [0, 0.05) is 24.7 Å². The van der Waals surface area contributed by atoms with Gasteiger partial charge in [0.25, 0.3) is 0 Å². The summed E-state index contributed by atoms with van der Waals surface area (Å²) in [5.41, 5.74) is 0.318. The first-order valence-corrected chi connectivity index (χ1v) is 4.00. The summed E-state index contributed by atoms with van der Waals surface area (Å²) in [6.07, 6.45) is 0. The van der Waals surface area contributed by atoms with Crippen molar-refractivity contribution in [3.63, 3.8) is 0 Å². The van der Waals surface area contributed by atoms with Crippen LogP contribution in [-0.4, -0.2) is 36.6 Å². The molecule has 0 bridgehead atoms. The molecule has 3 nitrogen and oxygen atoms in total. The molecule has 1 fully saturated rings. The van der Waals surface area contributed by atoms with Gasteiger partial charge in [-0.15, -0.1) is 0 Å². The van der Waals surface area contributed by atoms with E-state index < -0.39 is 0 Å². The van der Waals surface area contributed by atoms with Crippen LogP contribution in [0.25, 0.3) is 0 Å². The molecular formula is C8H21N3. The van der Waals surface area contributed by atoms with Crippen molar-refractivity contribution in [1.82, 2.24) is 16.4 Å². The normalized spacial score (nSPS) is 31.1. The Kier molecular flexibility index (Phi) is 3.48. The first-order valence-electron chi connectivity index (χ1n) is 4.00. The second-order valence-electron chi connectivity index (χ2n) is 3.75. The molecule has 0 aromatic carbocycles. The van der Waals surface area contributed by atoms with Gasteiger partial charge in [-0.05, 0) is 27.8 Å². The highest BCUT2D eigenvalue weighted by Gasteiger charge is 2.32. The van der Waals surface area contributed by atoms with Crippen molar-refractivity contribution in [2.75, 3.05) is 20.1 Å². The molecule has 1 rings (SSSR count). The topological polar surface area (TPSA) is 50.3 Å². The highest BCUT2D eigenvalue weighted by Crippen LogP contribution is 2.19. The molecule has 1 aliphatic rings. The molecule has 0 aliphatic carbocycles. The molecule has 0 amide bonds. The largest absolute Gasteiger partial charge is 0.344 e. The summed E-state index contributed by atoms with van der Waals surface area (Å²) in [6, 6.07) is 0.603. The van der Waals surface area contributed by atoms with Crippen molar-refractivity contribution in [3.8, 4) is 0 Å². The molecule has 0 aromatic rings. The van der Waals surface area contributed by atoms with Crippen LogP contribution in [0.2, 0.25) is 0 Å². The van der Waals surface area contributed by atoms with E-state index in [1.54, 1.807) is 0 Å². The lowest BCUT2D eigenvalue weighted by Crippen LogP contribution is -2.61. The smallest absolute Gasteiger partial charge is 0.0301 e. The van der Waals surface area contributed by atoms with Gasteiger partial charge in [-0.3, -0.25) is 4.90 Å². The van der Waals surface area contributed by atoms with Gasteiger partial charge in [0.15, 0.2) is 0 Å². The van der Waals surface area contributed by atoms with E-state index in [2.05, 4.69) is 38.0 Å². The average molecular weight is 159 g/mol. The predicted octanol–water partition coefficient (Wildman–Crippen LogP) is 0.850. The van der Waals surface area contributed by atoms with Gasteiger partial charge in [0.05, 0.1) is 0 Å². The molecule has 68 valence electrons. The fraction of sp³-hybridized carbons (Fsp3) is 1.00. The summed E-state index contributed by atoms with van der Waals surface area (Å²) >= 11 is 0. The van der Waals surface area contributed by atoms with Crippen LogP contribution < -0.4 is 11.5 Å². The zero-order valence-corrected chi connectivity index (χ0v) is 8.15. The SMILES string of the molecule is CC1NCCN(C)C1(C)C.N. The van der Waals surface area contributed by atoms with Crippen LogP contribution in [0.15, 0.2) is 0 Å². The van der Waals surface area contributed by atoms with Gasteiger partial charge in [-0.25, -0.2) is 0 Å². The van der Waals surface area contributed by atoms with Gasteiger partial charge in [0.1, 0.15) is 0 Å². The van der Waals surface area contributed by atoms with Crippen molar-refractivity contribution in [1.29, 1.82) is 0 Å². The summed E-state index contributed by atoms with van der Waals surface area (Å²) in [6.45, 7) is 9.10. The van der Waals surface area contributed by atoms with E-state index in [9.17, 15) is 0 Å². The summed E-state index contributed by atoms with van der Waals surface area (Å²) < 4.78 is 0. The summed E-state index contributed by atoms with van der Waals surface area (Å²) in [4.78, 5) is 2.41. The monoisotopic (exact) mass is 159 g/mol. The quantitative estimate of drug-likeness (QED) is 0.551. The van der Waals surface area contributed by atoms with Gasteiger partial charge in [0.2, 0.25) is 0 Å². The minimum absolute atomic E-state index is 0. The third kappa shape index (κ3) is 1.92. The fourth-order valence-corrected chi connectivity index (χ4v) is 1.32. The van der Waals surface area contributed by atoms with Crippen LogP contribution in [0.4, 0.5) is 0 Å². The molecular weight excluding hydrogens is 138 g/mol. The summed E-state index contributed by atoms with van der Waals surface area (Å²) in [5.74, 6) is 0. The van der Waals surface area contributed by atoms with E-state index in [-0.39, 0.29) is 6.15 Å². The Balaban J connectivity index is 0.000001000. The van der Waals surface area contributed by atoms with Crippen LogP contribution in [0, 0.1) is 0 Å². The van der Waals surface area contributed by atoms with Crippen LogP contribution >= 0.6 is 0 Å². The third-order valence-corrected chi connectivity index (χ3v) is 2.94.